The summed E-state index contributed by atoms with van der Waals surface area (Å²) in [5, 5.41) is 2.36. The lowest BCUT2D eigenvalue weighted by Gasteiger charge is -2.22. The van der Waals surface area contributed by atoms with E-state index in [0.29, 0.717) is 22.6 Å². The van der Waals surface area contributed by atoms with Crippen molar-refractivity contribution < 1.29 is 31.8 Å². The number of carbonyl (C=O) groups is 1. The minimum Gasteiger partial charge on any atom is -0.493 e. The average Bonchev–Trinajstić information content (AvgIpc) is 3.67. The SMILES string of the molecule is COc1cc(C(=O)NCC(c2cc(CN)cc(-c3ccc(F)cc3)n2)C(F)(F)F)ccc1OC1CC1. The van der Waals surface area contributed by atoms with Crippen LogP contribution in [0.1, 0.15) is 40.4 Å². The first-order valence-electron chi connectivity index (χ1n) is 11.3. The summed E-state index contributed by atoms with van der Waals surface area (Å²) in [6.45, 7) is -0.759. The van der Waals surface area contributed by atoms with Crippen LogP contribution >= 0.6 is 0 Å². The van der Waals surface area contributed by atoms with Crippen LogP contribution < -0.4 is 20.5 Å². The zero-order valence-corrected chi connectivity index (χ0v) is 19.4. The lowest BCUT2D eigenvalue weighted by atomic mass is 9.99. The molecule has 0 saturated heterocycles. The van der Waals surface area contributed by atoms with Crippen LogP contribution in [0.4, 0.5) is 17.6 Å². The van der Waals surface area contributed by atoms with E-state index < -0.39 is 30.4 Å². The molecular formula is C26H25F4N3O3. The summed E-state index contributed by atoms with van der Waals surface area (Å²) in [5.74, 6) is -2.47. The fraction of sp³-hybridized carbons (Fsp3) is 0.308. The number of hydrogen-bond donors (Lipinski definition) is 2. The topological polar surface area (TPSA) is 86.5 Å². The Morgan fingerprint density at radius 2 is 1.83 bits per heavy atom. The maximum atomic E-state index is 14.1. The lowest BCUT2D eigenvalue weighted by Crippen LogP contribution is -2.35. The highest BCUT2D eigenvalue weighted by Crippen LogP contribution is 2.36. The molecule has 1 heterocycles. The molecule has 0 spiro atoms. The van der Waals surface area contributed by atoms with Crippen LogP contribution in [0.5, 0.6) is 11.5 Å². The predicted molar refractivity (Wildman–Crippen MR) is 125 cm³/mol. The molecular weight excluding hydrogens is 478 g/mol. The van der Waals surface area contributed by atoms with E-state index in [2.05, 4.69) is 10.3 Å². The summed E-state index contributed by atoms with van der Waals surface area (Å²) >= 11 is 0. The first-order chi connectivity index (χ1) is 17.2. The third-order valence-electron chi connectivity index (χ3n) is 5.74. The first-order valence-corrected chi connectivity index (χ1v) is 11.3. The molecule has 3 N–H and O–H groups in total. The van der Waals surface area contributed by atoms with Crippen molar-refractivity contribution in [3.8, 4) is 22.8 Å². The highest BCUT2D eigenvalue weighted by atomic mass is 19.4. The normalized spacial score (nSPS) is 14.3. The van der Waals surface area contributed by atoms with Crippen molar-refractivity contribution in [3.63, 3.8) is 0 Å². The van der Waals surface area contributed by atoms with E-state index in [1.54, 1.807) is 12.1 Å². The van der Waals surface area contributed by atoms with Gasteiger partial charge in [-0.25, -0.2) is 4.39 Å². The Labute approximate surface area is 205 Å². The molecule has 4 rings (SSSR count). The molecule has 0 radical (unpaired) electrons. The van der Waals surface area contributed by atoms with Crippen molar-refractivity contribution in [2.45, 2.75) is 37.6 Å². The number of rotatable bonds is 9. The van der Waals surface area contributed by atoms with Crippen molar-refractivity contribution in [3.05, 3.63) is 77.2 Å². The Balaban J connectivity index is 1.56. The third kappa shape index (κ3) is 6.12. The molecule has 2 aromatic carbocycles. The fourth-order valence-corrected chi connectivity index (χ4v) is 3.63. The molecule has 0 bridgehead atoms. The second-order valence-electron chi connectivity index (χ2n) is 8.48. The van der Waals surface area contributed by atoms with E-state index >= 15 is 0 Å². The maximum Gasteiger partial charge on any atom is 0.398 e. The number of aromatic nitrogens is 1. The molecule has 1 aromatic heterocycles. The van der Waals surface area contributed by atoms with Crippen LogP contribution in [0.15, 0.2) is 54.6 Å². The molecule has 10 heteroatoms. The minimum absolute atomic E-state index is 0.0181. The summed E-state index contributed by atoms with van der Waals surface area (Å²) < 4.78 is 66.5. The summed E-state index contributed by atoms with van der Waals surface area (Å²) in [5.41, 5.74) is 6.64. The third-order valence-corrected chi connectivity index (χ3v) is 5.74. The average molecular weight is 503 g/mol. The maximum absolute atomic E-state index is 14.1. The number of hydrogen-bond acceptors (Lipinski definition) is 5. The summed E-state index contributed by atoms with van der Waals surface area (Å²) in [6.07, 6.45) is -2.71. The number of nitrogens with one attached hydrogen (secondary N) is 1. The number of pyridine rings is 1. The molecule has 1 aliphatic carbocycles. The number of amides is 1. The van der Waals surface area contributed by atoms with Gasteiger partial charge in [-0.1, -0.05) is 0 Å². The van der Waals surface area contributed by atoms with Gasteiger partial charge in [0.25, 0.3) is 5.91 Å². The van der Waals surface area contributed by atoms with Gasteiger partial charge < -0.3 is 20.5 Å². The van der Waals surface area contributed by atoms with E-state index in [1.807, 2.05) is 0 Å². The van der Waals surface area contributed by atoms with Gasteiger partial charge in [0.05, 0.1) is 24.6 Å². The van der Waals surface area contributed by atoms with Gasteiger partial charge in [0.15, 0.2) is 11.5 Å². The second-order valence-corrected chi connectivity index (χ2v) is 8.48. The summed E-state index contributed by atoms with van der Waals surface area (Å²) in [6, 6.07) is 12.5. The number of methoxy groups -OCH3 is 1. The number of carbonyl (C=O) groups excluding carboxylic acids is 1. The Morgan fingerprint density at radius 3 is 2.44 bits per heavy atom. The highest BCUT2D eigenvalue weighted by Gasteiger charge is 2.42. The zero-order valence-electron chi connectivity index (χ0n) is 19.4. The van der Waals surface area contributed by atoms with E-state index in [9.17, 15) is 22.4 Å². The van der Waals surface area contributed by atoms with E-state index in [0.717, 1.165) is 12.8 Å². The Hall–Kier alpha value is -3.66. The number of benzene rings is 2. The van der Waals surface area contributed by atoms with Gasteiger partial charge in [0.2, 0.25) is 0 Å². The van der Waals surface area contributed by atoms with Gasteiger partial charge in [-0.2, -0.15) is 13.2 Å². The molecule has 3 aromatic rings. The monoisotopic (exact) mass is 503 g/mol. The lowest BCUT2D eigenvalue weighted by molar-refractivity contribution is -0.149. The molecule has 0 aliphatic heterocycles. The fourth-order valence-electron chi connectivity index (χ4n) is 3.63. The second kappa shape index (κ2) is 10.5. The largest absolute Gasteiger partial charge is 0.493 e. The van der Waals surface area contributed by atoms with Gasteiger partial charge in [0, 0.05) is 24.2 Å². The highest BCUT2D eigenvalue weighted by molar-refractivity contribution is 5.95. The molecule has 6 nitrogen and oxygen atoms in total. The molecule has 190 valence electrons. The number of ether oxygens (including phenoxy) is 2. The van der Waals surface area contributed by atoms with Gasteiger partial charge in [0.1, 0.15) is 11.7 Å². The summed E-state index contributed by atoms with van der Waals surface area (Å²) in [4.78, 5) is 16.9. The minimum atomic E-state index is -4.70. The van der Waals surface area contributed by atoms with Crippen LogP contribution in [0, 0.1) is 5.82 Å². The Bertz CT molecular complexity index is 1230. The van der Waals surface area contributed by atoms with E-state index in [4.69, 9.17) is 15.2 Å². The van der Waals surface area contributed by atoms with Crippen LogP contribution in [0.2, 0.25) is 0 Å². The van der Waals surface area contributed by atoms with Crippen molar-refractivity contribution in [1.82, 2.24) is 10.3 Å². The van der Waals surface area contributed by atoms with Crippen LogP contribution in [-0.4, -0.2) is 36.8 Å². The number of alkyl halides is 3. The van der Waals surface area contributed by atoms with Gasteiger partial charge in [-0.05, 0) is 73.0 Å². The quantitative estimate of drug-likeness (QED) is 0.403. The summed E-state index contributed by atoms with van der Waals surface area (Å²) in [7, 11) is 1.42. The van der Waals surface area contributed by atoms with Crippen molar-refractivity contribution in [2.24, 2.45) is 5.73 Å². The van der Waals surface area contributed by atoms with Crippen LogP contribution in [0.25, 0.3) is 11.3 Å². The van der Waals surface area contributed by atoms with Gasteiger partial charge >= 0.3 is 6.18 Å². The number of halogens is 4. The molecule has 1 atom stereocenters. The molecule has 1 fully saturated rings. The number of nitrogens with zero attached hydrogens (tertiary/aromatic N) is 1. The first kappa shape index (κ1) is 25.4. The Morgan fingerprint density at radius 1 is 1.11 bits per heavy atom. The van der Waals surface area contributed by atoms with E-state index in [1.165, 1.54) is 49.6 Å². The molecule has 1 aliphatic rings. The Kier molecular flexibility index (Phi) is 7.44. The van der Waals surface area contributed by atoms with Crippen molar-refractivity contribution >= 4 is 5.91 Å². The molecule has 1 amide bonds. The van der Waals surface area contributed by atoms with Crippen LogP contribution in [-0.2, 0) is 6.54 Å². The van der Waals surface area contributed by atoms with Gasteiger partial charge in [-0.3, -0.25) is 9.78 Å². The molecule has 36 heavy (non-hydrogen) atoms. The molecule has 1 unspecified atom stereocenters. The standard InChI is InChI=1S/C26H25F4N3O3/c1-35-24-12-17(4-9-23(24)36-19-7-8-19)25(34)32-14-20(26(28,29)30)22-11-15(13-31)10-21(33-22)16-2-5-18(27)6-3-16/h2-6,9-12,19-20H,7-8,13-14,31H2,1H3,(H,32,34). The van der Waals surface area contributed by atoms with Gasteiger partial charge in [-0.15, -0.1) is 0 Å². The van der Waals surface area contributed by atoms with Crippen LogP contribution in [0.3, 0.4) is 0 Å². The van der Waals surface area contributed by atoms with Crippen molar-refractivity contribution in [2.75, 3.05) is 13.7 Å². The molecule has 1 saturated carbocycles. The zero-order chi connectivity index (χ0) is 25.9. The smallest absolute Gasteiger partial charge is 0.398 e. The number of nitrogens with two attached hydrogens (primary N) is 1. The van der Waals surface area contributed by atoms with E-state index in [-0.39, 0.29) is 29.6 Å². The van der Waals surface area contributed by atoms with Crippen molar-refractivity contribution in [1.29, 1.82) is 0 Å². The predicted octanol–water partition coefficient (Wildman–Crippen LogP) is 4.97.